The van der Waals surface area contributed by atoms with Crippen LogP contribution < -0.4 is 5.32 Å². The Bertz CT molecular complexity index is 653. The third-order valence-electron chi connectivity index (χ3n) is 4.06. The van der Waals surface area contributed by atoms with Crippen molar-refractivity contribution in [3.63, 3.8) is 0 Å². The standard InChI is InChI=1S/C18H27ClN4O2/c1-6-14(15-13(19)11-21-16(15)20-5)23-9-7-12(8-10-23)22-17(24)25-18(2,3)4/h6,11-12,21H,5,7-10H2,1-4H3,(H,22,24)/b14-6+. The molecule has 0 saturated carbocycles. The predicted molar refractivity (Wildman–Crippen MR) is 103 cm³/mol. The molecule has 138 valence electrons. The van der Waals surface area contributed by atoms with Gasteiger partial charge in [-0.2, -0.15) is 0 Å². The van der Waals surface area contributed by atoms with Crippen molar-refractivity contribution in [3.8, 4) is 0 Å². The first kappa shape index (κ1) is 19.4. The van der Waals surface area contributed by atoms with Gasteiger partial charge < -0.3 is 19.9 Å². The molecule has 2 heterocycles. The van der Waals surface area contributed by atoms with Crippen LogP contribution >= 0.6 is 11.6 Å². The SMILES string of the molecule is C=Nc1[nH]cc(Cl)c1/C(=C\C)N1CCC(NC(=O)OC(C)(C)C)CC1. The third kappa shape index (κ3) is 5.01. The number of allylic oxidation sites excluding steroid dienone is 1. The number of hydrogen-bond acceptors (Lipinski definition) is 4. The fourth-order valence-electron chi connectivity index (χ4n) is 2.98. The van der Waals surface area contributed by atoms with Crippen LogP contribution in [0, 0.1) is 0 Å². The van der Waals surface area contributed by atoms with Gasteiger partial charge in [-0.05, 0) is 47.3 Å². The van der Waals surface area contributed by atoms with E-state index in [0.29, 0.717) is 10.8 Å². The lowest BCUT2D eigenvalue weighted by molar-refractivity contribution is 0.0487. The Morgan fingerprint density at radius 3 is 2.64 bits per heavy atom. The lowest BCUT2D eigenvalue weighted by Crippen LogP contribution is -2.45. The minimum Gasteiger partial charge on any atom is -0.444 e. The van der Waals surface area contributed by atoms with Gasteiger partial charge in [0.15, 0.2) is 0 Å². The molecule has 0 radical (unpaired) electrons. The quantitative estimate of drug-likeness (QED) is 0.778. The molecule has 0 atom stereocenters. The molecule has 1 fully saturated rings. The number of aromatic amines is 1. The van der Waals surface area contributed by atoms with Gasteiger partial charge in [0, 0.05) is 31.0 Å². The second-order valence-electron chi connectivity index (χ2n) is 7.10. The molecule has 0 unspecified atom stereocenters. The van der Waals surface area contributed by atoms with Gasteiger partial charge in [-0.1, -0.05) is 17.7 Å². The molecule has 7 heteroatoms. The number of halogens is 1. The molecule has 25 heavy (non-hydrogen) atoms. The molecule has 0 aromatic carbocycles. The molecule has 1 aliphatic heterocycles. The lowest BCUT2D eigenvalue weighted by Gasteiger charge is -2.35. The van der Waals surface area contributed by atoms with Crippen molar-refractivity contribution in [2.24, 2.45) is 4.99 Å². The van der Waals surface area contributed by atoms with E-state index in [2.05, 4.69) is 26.9 Å². The summed E-state index contributed by atoms with van der Waals surface area (Å²) in [6, 6.07) is 0.114. The van der Waals surface area contributed by atoms with Crippen molar-refractivity contribution in [3.05, 3.63) is 22.9 Å². The number of nitrogens with one attached hydrogen (secondary N) is 2. The molecule has 1 amide bonds. The Morgan fingerprint density at radius 2 is 2.12 bits per heavy atom. The van der Waals surface area contributed by atoms with Crippen LogP contribution in [0.3, 0.4) is 0 Å². The number of H-pyrrole nitrogens is 1. The van der Waals surface area contributed by atoms with Crippen LogP contribution in [0.2, 0.25) is 5.02 Å². The normalized spacial score (nSPS) is 16.7. The predicted octanol–water partition coefficient (Wildman–Crippen LogP) is 4.35. The van der Waals surface area contributed by atoms with E-state index in [1.807, 2.05) is 33.8 Å². The number of amides is 1. The van der Waals surface area contributed by atoms with Crippen molar-refractivity contribution >= 4 is 35.9 Å². The van der Waals surface area contributed by atoms with Crippen molar-refractivity contribution in [2.45, 2.75) is 52.2 Å². The van der Waals surface area contributed by atoms with Crippen LogP contribution in [-0.4, -0.2) is 47.4 Å². The highest BCUT2D eigenvalue weighted by molar-refractivity contribution is 6.32. The van der Waals surface area contributed by atoms with Crippen LogP contribution in [0.25, 0.3) is 5.70 Å². The fraction of sp³-hybridized carbons (Fsp3) is 0.556. The Hall–Kier alpha value is -1.95. The smallest absolute Gasteiger partial charge is 0.407 e. The van der Waals surface area contributed by atoms with E-state index in [0.717, 1.165) is 37.2 Å². The number of ether oxygens (including phenoxy) is 1. The number of alkyl carbamates (subject to hydrolysis) is 1. The first-order chi connectivity index (χ1) is 11.7. The maximum atomic E-state index is 11.9. The number of piperidine rings is 1. The topological polar surface area (TPSA) is 69.7 Å². The second-order valence-corrected chi connectivity index (χ2v) is 7.51. The lowest BCUT2D eigenvalue weighted by atomic mass is 10.0. The van der Waals surface area contributed by atoms with Gasteiger partial charge in [-0.25, -0.2) is 9.79 Å². The summed E-state index contributed by atoms with van der Waals surface area (Å²) in [5.74, 6) is 0.673. The number of aliphatic imine (C=N–C) groups is 1. The van der Waals surface area contributed by atoms with E-state index in [-0.39, 0.29) is 12.1 Å². The van der Waals surface area contributed by atoms with E-state index in [1.54, 1.807) is 6.20 Å². The molecule has 0 bridgehead atoms. The number of likely N-dealkylation sites (tertiary alicyclic amines) is 1. The van der Waals surface area contributed by atoms with Crippen molar-refractivity contribution < 1.29 is 9.53 Å². The van der Waals surface area contributed by atoms with Crippen LogP contribution in [0.4, 0.5) is 10.6 Å². The summed E-state index contributed by atoms with van der Waals surface area (Å²) in [6.07, 6.45) is 5.08. The highest BCUT2D eigenvalue weighted by Gasteiger charge is 2.26. The summed E-state index contributed by atoms with van der Waals surface area (Å²) in [7, 11) is 0. The Morgan fingerprint density at radius 1 is 1.48 bits per heavy atom. The van der Waals surface area contributed by atoms with Gasteiger partial charge in [-0.15, -0.1) is 0 Å². The van der Waals surface area contributed by atoms with E-state index in [4.69, 9.17) is 16.3 Å². The third-order valence-corrected chi connectivity index (χ3v) is 4.35. The number of rotatable bonds is 4. The average Bonchev–Trinajstić information content (AvgIpc) is 2.89. The van der Waals surface area contributed by atoms with Gasteiger partial charge in [0.2, 0.25) is 0 Å². The molecule has 1 saturated heterocycles. The van der Waals surface area contributed by atoms with E-state index in [9.17, 15) is 4.79 Å². The summed E-state index contributed by atoms with van der Waals surface area (Å²) in [4.78, 5) is 21.2. The van der Waals surface area contributed by atoms with Gasteiger partial charge >= 0.3 is 6.09 Å². The van der Waals surface area contributed by atoms with Crippen molar-refractivity contribution in [1.82, 2.24) is 15.2 Å². The van der Waals surface area contributed by atoms with E-state index >= 15 is 0 Å². The summed E-state index contributed by atoms with van der Waals surface area (Å²) in [5, 5.41) is 3.58. The van der Waals surface area contributed by atoms with Gasteiger partial charge in [-0.3, -0.25) is 0 Å². The van der Waals surface area contributed by atoms with E-state index < -0.39 is 5.60 Å². The minimum atomic E-state index is -0.484. The largest absolute Gasteiger partial charge is 0.444 e. The van der Waals surface area contributed by atoms with Crippen LogP contribution in [-0.2, 0) is 4.74 Å². The molecule has 6 nitrogen and oxygen atoms in total. The summed E-state index contributed by atoms with van der Waals surface area (Å²) < 4.78 is 5.32. The van der Waals surface area contributed by atoms with Crippen LogP contribution in [0.15, 0.2) is 17.3 Å². The van der Waals surface area contributed by atoms with E-state index in [1.165, 1.54) is 0 Å². The Labute approximate surface area is 154 Å². The molecule has 0 spiro atoms. The zero-order valence-corrected chi connectivity index (χ0v) is 16.1. The first-order valence-electron chi connectivity index (χ1n) is 8.50. The van der Waals surface area contributed by atoms with Gasteiger partial charge in [0.1, 0.15) is 11.4 Å². The zero-order chi connectivity index (χ0) is 18.6. The van der Waals surface area contributed by atoms with Gasteiger partial charge in [0.05, 0.1) is 10.6 Å². The number of carbonyl (C=O) groups is 1. The number of nitrogens with zero attached hydrogens (tertiary/aromatic N) is 2. The maximum Gasteiger partial charge on any atom is 0.407 e. The number of hydrogen-bond donors (Lipinski definition) is 2. The zero-order valence-electron chi connectivity index (χ0n) is 15.4. The van der Waals surface area contributed by atoms with Crippen molar-refractivity contribution in [2.75, 3.05) is 13.1 Å². The highest BCUT2D eigenvalue weighted by atomic mass is 35.5. The van der Waals surface area contributed by atoms with Gasteiger partial charge in [0.25, 0.3) is 0 Å². The first-order valence-corrected chi connectivity index (χ1v) is 8.87. The Kier molecular flexibility index (Phi) is 6.16. The van der Waals surface area contributed by atoms with Crippen LogP contribution in [0.1, 0.15) is 46.1 Å². The van der Waals surface area contributed by atoms with Crippen LogP contribution in [0.5, 0.6) is 0 Å². The second kappa shape index (κ2) is 7.95. The average molecular weight is 367 g/mol. The molecule has 1 aromatic heterocycles. The molecule has 2 N–H and O–H groups in total. The molecule has 0 aliphatic carbocycles. The Balaban J connectivity index is 1.98. The maximum absolute atomic E-state index is 11.9. The number of carbonyl (C=O) groups excluding carboxylic acids is 1. The molecule has 1 aromatic rings. The summed E-state index contributed by atoms with van der Waals surface area (Å²) in [5.41, 5.74) is 1.42. The minimum absolute atomic E-state index is 0.114. The molecule has 1 aliphatic rings. The number of aromatic nitrogens is 1. The molecule has 2 rings (SSSR count). The summed E-state index contributed by atoms with van der Waals surface area (Å²) in [6.45, 7) is 12.8. The molecular formula is C18H27ClN4O2. The summed E-state index contributed by atoms with van der Waals surface area (Å²) >= 11 is 6.32. The molecular weight excluding hydrogens is 340 g/mol. The monoisotopic (exact) mass is 366 g/mol. The fourth-order valence-corrected chi connectivity index (χ4v) is 3.22. The highest BCUT2D eigenvalue weighted by Crippen LogP contribution is 2.35. The van der Waals surface area contributed by atoms with Crippen molar-refractivity contribution in [1.29, 1.82) is 0 Å².